The SMILES string of the molecule is Nc1cccc(Cn2ccn(C3CC3)c2=O)c1C(=O)O. The molecule has 3 rings (SSSR count). The van der Waals surface area contributed by atoms with Gasteiger partial charge in [-0.3, -0.25) is 9.13 Å². The predicted molar refractivity (Wildman–Crippen MR) is 73.9 cm³/mol. The Morgan fingerprint density at radius 3 is 2.75 bits per heavy atom. The van der Waals surface area contributed by atoms with Gasteiger partial charge in [0.05, 0.1) is 12.1 Å². The minimum Gasteiger partial charge on any atom is -0.478 e. The van der Waals surface area contributed by atoms with Gasteiger partial charge in [-0.1, -0.05) is 12.1 Å². The van der Waals surface area contributed by atoms with E-state index in [9.17, 15) is 14.7 Å². The number of hydrogen-bond donors (Lipinski definition) is 2. The van der Waals surface area contributed by atoms with Gasteiger partial charge < -0.3 is 10.8 Å². The molecule has 0 amide bonds. The fourth-order valence-corrected chi connectivity index (χ4v) is 2.38. The highest BCUT2D eigenvalue weighted by molar-refractivity contribution is 5.95. The van der Waals surface area contributed by atoms with Crippen molar-refractivity contribution in [3.63, 3.8) is 0 Å². The lowest BCUT2D eigenvalue weighted by molar-refractivity contribution is 0.0696. The number of rotatable bonds is 4. The molecule has 1 aromatic carbocycles. The Labute approximate surface area is 115 Å². The topological polar surface area (TPSA) is 90.2 Å². The first kappa shape index (κ1) is 12.5. The summed E-state index contributed by atoms with van der Waals surface area (Å²) in [6, 6.07) is 5.23. The largest absolute Gasteiger partial charge is 0.478 e. The molecule has 2 aromatic rings. The second-order valence-electron chi connectivity index (χ2n) is 5.03. The van der Waals surface area contributed by atoms with Crippen LogP contribution in [0.25, 0.3) is 0 Å². The molecule has 1 aliphatic rings. The first-order chi connectivity index (χ1) is 9.58. The standard InChI is InChI=1S/C14H15N3O3/c15-11-3-1-2-9(12(11)13(18)19)8-16-6-7-17(14(16)20)10-4-5-10/h1-3,6-7,10H,4-5,8,15H2,(H,18,19). The van der Waals surface area contributed by atoms with Crippen LogP contribution in [-0.2, 0) is 6.54 Å². The van der Waals surface area contributed by atoms with Gasteiger partial charge in [-0.25, -0.2) is 9.59 Å². The summed E-state index contributed by atoms with van der Waals surface area (Å²) in [5, 5.41) is 9.22. The number of aromatic nitrogens is 2. The lowest BCUT2D eigenvalue weighted by Crippen LogP contribution is -2.24. The van der Waals surface area contributed by atoms with Crippen molar-refractivity contribution in [2.75, 3.05) is 5.73 Å². The van der Waals surface area contributed by atoms with Crippen molar-refractivity contribution < 1.29 is 9.90 Å². The summed E-state index contributed by atoms with van der Waals surface area (Å²) in [7, 11) is 0. The number of hydrogen-bond acceptors (Lipinski definition) is 3. The average Bonchev–Trinajstić information content (AvgIpc) is 3.16. The summed E-state index contributed by atoms with van der Waals surface area (Å²) in [5.41, 5.74) is 6.41. The summed E-state index contributed by atoms with van der Waals surface area (Å²) < 4.78 is 3.21. The molecule has 3 N–H and O–H groups in total. The molecule has 0 saturated heterocycles. The van der Waals surface area contributed by atoms with E-state index >= 15 is 0 Å². The zero-order chi connectivity index (χ0) is 14.3. The minimum absolute atomic E-state index is 0.0681. The fraction of sp³-hybridized carbons (Fsp3) is 0.286. The van der Waals surface area contributed by atoms with Crippen molar-refractivity contribution in [2.45, 2.75) is 25.4 Å². The molecule has 0 spiro atoms. The van der Waals surface area contributed by atoms with Gasteiger partial charge in [-0.2, -0.15) is 0 Å². The smallest absolute Gasteiger partial charge is 0.338 e. The van der Waals surface area contributed by atoms with Crippen LogP contribution in [0.2, 0.25) is 0 Å². The number of carboxylic acid groups (broad SMARTS) is 1. The van der Waals surface area contributed by atoms with Crippen LogP contribution in [0.5, 0.6) is 0 Å². The molecule has 1 aliphatic carbocycles. The summed E-state index contributed by atoms with van der Waals surface area (Å²) in [4.78, 5) is 23.4. The molecule has 0 aliphatic heterocycles. The number of nitrogens with two attached hydrogens (primary N) is 1. The summed E-state index contributed by atoms with van der Waals surface area (Å²) >= 11 is 0. The summed E-state index contributed by atoms with van der Waals surface area (Å²) in [6.07, 6.45) is 5.51. The maximum atomic E-state index is 12.2. The van der Waals surface area contributed by atoms with E-state index in [1.54, 1.807) is 35.2 Å². The second-order valence-corrected chi connectivity index (χ2v) is 5.03. The zero-order valence-electron chi connectivity index (χ0n) is 10.8. The minimum atomic E-state index is -1.08. The molecule has 6 heteroatoms. The summed E-state index contributed by atoms with van der Waals surface area (Å²) in [5.74, 6) is -1.08. The third-order valence-electron chi connectivity index (χ3n) is 3.55. The van der Waals surface area contributed by atoms with E-state index in [1.165, 1.54) is 4.57 Å². The van der Waals surface area contributed by atoms with Crippen molar-refractivity contribution >= 4 is 11.7 Å². The van der Waals surface area contributed by atoms with Crippen LogP contribution in [0.15, 0.2) is 35.4 Å². The van der Waals surface area contributed by atoms with E-state index in [-0.39, 0.29) is 23.5 Å². The van der Waals surface area contributed by atoms with E-state index in [0.717, 1.165) is 12.8 Å². The molecule has 0 bridgehead atoms. The van der Waals surface area contributed by atoms with E-state index in [4.69, 9.17) is 5.73 Å². The van der Waals surface area contributed by atoms with Crippen LogP contribution in [0, 0.1) is 0 Å². The van der Waals surface area contributed by atoms with E-state index in [1.807, 2.05) is 0 Å². The molecular formula is C14H15N3O3. The Kier molecular flexibility index (Phi) is 2.85. The zero-order valence-corrected chi connectivity index (χ0v) is 10.8. The van der Waals surface area contributed by atoms with Gasteiger partial charge in [-0.05, 0) is 24.5 Å². The van der Waals surface area contributed by atoms with Crippen LogP contribution in [0.4, 0.5) is 5.69 Å². The molecule has 6 nitrogen and oxygen atoms in total. The quantitative estimate of drug-likeness (QED) is 0.822. The Bertz CT molecular complexity index is 726. The number of nitrogen functional groups attached to an aromatic ring is 1. The van der Waals surface area contributed by atoms with Gasteiger partial charge in [-0.15, -0.1) is 0 Å². The van der Waals surface area contributed by atoms with Gasteiger partial charge in [0.1, 0.15) is 0 Å². The highest BCUT2D eigenvalue weighted by atomic mass is 16.4. The van der Waals surface area contributed by atoms with Gasteiger partial charge >= 0.3 is 11.7 Å². The Hall–Kier alpha value is -2.50. The molecule has 20 heavy (non-hydrogen) atoms. The molecular weight excluding hydrogens is 258 g/mol. The molecule has 1 aromatic heterocycles. The number of aromatic carboxylic acids is 1. The molecule has 104 valence electrons. The van der Waals surface area contributed by atoms with Crippen LogP contribution in [0.3, 0.4) is 0 Å². The number of nitrogens with zero attached hydrogens (tertiary/aromatic N) is 2. The predicted octanol–water partition coefficient (Wildman–Crippen LogP) is 1.31. The Balaban J connectivity index is 1.97. The highest BCUT2D eigenvalue weighted by Gasteiger charge is 2.25. The molecule has 0 radical (unpaired) electrons. The monoisotopic (exact) mass is 273 g/mol. The van der Waals surface area contributed by atoms with Crippen molar-refractivity contribution in [2.24, 2.45) is 0 Å². The van der Waals surface area contributed by atoms with E-state index < -0.39 is 5.97 Å². The maximum absolute atomic E-state index is 12.2. The number of anilines is 1. The van der Waals surface area contributed by atoms with Crippen LogP contribution >= 0.6 is 0 Å². The van der Waals surface area contributed by atoms with Gasteiger partial charge in [0.2, 0.25) is 0 Å². The molecule has 1 fully saturated rings. The summed E-state index contributed by atoms with van der Waals surface area (Å²) in [6.45, 7) is 0.214. The Morgan fingerprint density at radius 1 is 1.35 bits per heavy atom. The normalized spacial score (nSPS) is 14.4. The molecule has 0 unspecified atom stereocenters. The van der Waals surface area contributed by atoms with Gasteiger partial charge in [0.15, 0.2) is 0 Å². The first-order valence-corrected chi connectivity index (χ1v) is 6.46. The number of carbonyl (C=O) groups is 1. The number of benzene rings is 1. The van der Waals surface area contributed by atoms with Crippen LogP contribution in [-0.4, -0.2) is 20.2 Å². The molecule has 1 saturated carbocycles. The third kappa shape index (κ3) is 2.09. The van der Waals surface area contributed by atoms with Crippen LogP contribution in [0.1, 0.15) is 34.8 Å². The van der Waals surface area contributed by atoms with E-state index in [0.29, 0.717) is 11.6 Å². The average molecular weight is 273 g/mol. The van der Waals surface area contributed by atoms with Crippen molar-refractivity contribution in [3.05, 3.63) is 52.2 Å². The number of imidazole rings is 1. The van der Waals surface area contributed by atoms with Gasteiger partial charge in [0.25, 0.3) is 0 Å². The van der Waals surface area contributed by atoms with Crippen molar-refractivity contribution in [1.82, 2.24) is 9.13 Å². The molecule has 0 atom stereocenters. The maximum Gasteiger partial charge on any atom is 0.338 e. The van der Waals surface area contributed by atoms with Crippen molar-refractivity contribution in [3.8, 4) is 0 Å². The lowest BCUT2D eigenvalue weighted by Gasteiger charge is -2.08. The fourth-order valence-electron chi connectivity index (χ4n) is 2.38. The third-order valence-corrected chi connectivity index (χ3v) is 3.55. The highest BCUT2D eigenvalue weighted by Crippen LogP contribution is 2.33. The second kappa shape index (κ2) is 4.56. The first-order valence-electron chi connectivity index (χ1n) is 6.46. The van der Waals surface area contributed by atoms with Crippen molar-refractivity contribution in [1.29, 1.82) is 0 Å². The Morgan fingerprint density at radius 2 is 2.10 bits per heavy atom. The van der Waals surface area contributed by atoms with E-state index in [2.05, 4.69) is 0 Å². The van der Waals surface area contributed by atoms with Crippen LogP contribution < -0.4 is 11.4 Å². The lowest BCUT2D eigenvalue weighted by atomic mass is 10.1. The molecule has 1 heterocycles. The van der Waals surface area contributed by atoms with Gasteiger partial charge in [0, 0.05) is 24.1 Å². The number of carboxylic acids is 1.